The number of carbonyl (C=O) groups is 1. The van der Waals surface area contributed by atoms with Crippen molar-refractivity contribution >= 4 is 21.6 Å². The summed E-state index contributed by atoms with van der Waals surface area (Å²) in [6.45, 7) is 5.27. The maximum absolute atomic E-state index is 12.7. The van der Waals surface area contributed by atoms with Crippen LogP contribution in [0.15, 0.2) is 47.4 Å². The molecule has 2 aromatic carbocycles. The molecule has 0 bridgehead atoms. The second-order valence-corrected chi connectivity index (χ2v) is 9.23. The second kappa shape index (κ2) is 9.28. The molecule has 0 saturated carbocycles. The van der Waals surface area contributed by atoms with Gasteiger partial charge in [0.25, 0.3) is 0 Å². The molecule has 0 saturated heterocycles. The zero-order valence-electron chi connectivity index (χ0n) is 17.4. The van der Waals surface area contributed by atoms with Gasteiger partial charge in [0.15, 0.2) is 0 Å². The van der Waals surface area contributed by atoms with Crippen molar-refractivity contribution in [3.63, 3.8) is 0 Å². The Hall–Kier alpha value is -2.58. The Morgan fingerprint density at radius 2 is 1.72 bits per heavy atom. The molecule has 0 spiro atoms. The lowest BCUT2D eigenvalue weighted by atomic mass is 10.1. The van der Waals surface area contributed by atoms with Gasteiger partial charge in [0, 0.05) is 12.0 Å². The number of carbonyl (C=O) groups excluding carboxylic acids is 1. The van der Waals surface area contributed by atoms with E-state index in [-0.39, 0.29) is 22.9 Å². The van der Waals surface area contributed by atoms with Gasteiger partial charge in [-0.15, -0.1) is 0 Å². The van der Waals surface area contributed by atoms with Gasteiger partial charge in [-0.2, -0.15) is 0 Å². The number of ether oxygens (including phenoxy) is 2. The van der Waals surface area contributed by atoms with Crippen molar-refractivity contribution in [1.29, 1.82) is 0 Å². The van der Waals surface area contributed by atoms with Crippen LogP contribution in [0.4, 0.5) is 5.69 Å². The lowest BCUT2D eigenvalue weighted by Crippen LogP contribution is -2.40. The molecule has 2 N–H and O–H groups in total. The monoisotopic (exact) mass is 420 g/mol. The van der Waals surface area contributed by atoms with Gasteiger partial charge in [0.2, 0.25) is 15.9 Å². The van der Waals surface area contributed by atoms with Gasteiger partial charge in [-0.05, 0) is 63.1 Å². The van der Waals surface area contributed by atoms with Crippen LogP contribution in [0.5, 0.6) is 11.5 Å². The third kappa shape index (κ3) is 6.47. The van der Waals surface area contributed by atoms with E-state index >= 15 is 0 Å². The molecule has 2 aromatic rings. The summed E-state index contributed by atoms with van der Waals surface area (Å²) in [5, 5.41) is 2.71. The van der Waals surface area contributed by atoms with Crippen LogP contribution >= 0.6 is 0 Å². The lowest BCUT2D eigenvalue weighted by molar-refractivity contribution is -0.116. The standard InChI is InChI=1S/C21H28N2O5S/c1-21(2,3)23-29(25,26)19-9-7-6-8-17(19)22-20(24)13-10-15-14-16(27-4)11-12-18(15)28-5/h6-9,11-12,14,23H,10,13H2,1-5H3,(H,22,24). The third-order valence-electron chi connectivity index (χ3n) is 4.00. The van der Waals surface area contributed by atoms with E-state index in [1.165, 1.54) is 6.07 Å². The summed E-state index contributed by atoms with van der Waals surface area (Å²) < 4.78 is 38.5. The topological polar surface area (TPSA) is 93.7 Å². The smallest absolute Gasteiger partial charge is 0.243 e. The van der Waals surface area contributed by atoms with Crippen LogP contribution in [-0.4, -0.2) is 34.1 Å². The van der Waals surface area contributed by atoms with E-state index in [9.17, 15) is 13.2 Å². The molecule has 0 radical (unpaired) electrons. The van der Waals surface area contributed by atoms with E-state index in [1.807, 2.05) is 6.07 Å². The summed E-state index contributed by atoms with van der Waals surface area (Å²) in [7, 11) is -0.647. The molecule has 8 heteroatoms. The Labute approximate surface area is 172 Å². The number of amides is 1. The van der Waals surface area contributed by atoms with Gasteiger partial charge in [-0.25, -0.2) is 13.1 Å². The quantitative estimate of drug-likeness (QED) is 0.683. The number of sulfonamides is 1. The van der Waals surface area contributed by atoms with Crippen molar-refractivity contribution in [2.45, 2.75) is 44.0 Å². The zero-order chi connectivity index (χ0) is 21.7. The fraction of sp³-hybridized carbons (Fsp3) is 0.381. The first kappa shape index (κ1) is 22.7. The summed E-state index contributed by atoms with van der Waals surface area (Å²) >= 11 is 0. The van der Waals surface area contributed by atoms with E-state index < -0.39 is 15.6 Å². The summed E-state index contributed by atoms with van der Waals surface area (Å²) in [6, 6.07) is 11.7. The Morgan fingerprint density at radius 3 is 2.34 bits per heavy atom. The fourth-order valence-electron chi connectivity index (χ4n) is 2.80. The summed E-state index contributed by atoms with van der Waals surface area (Å²) in [6.07, 6.45) is 0.575. The molecule has 0 aromatic heterocycles. The van der Waals surface area contributed by atoms with Gasteiger partial charge in [-0.1, -0.05) is 12.1 Å². The van der Waals surface area contributed by atoms with E-state index in [2.05, 4.69) is 10.0 Å². The van der Waals surface area contributed by atoms with Crippen LogP contribution < -0.4 is 19.5 Å². The van der Waals surface area contributed by atoms with Crippen molar-refractivity contribution in [2.24, 2.45) is 0 Å². The maximum Gasteiger partial charge on any atom is 0.243 e. The van der Waals surface area contributed by atoms with Crippen LogP contribution in [0.2, 0.25) is 0 Å². The molecule has 2 rings (SSSR count). The SMILES string of the molecule is COc1ccc(OC)c(CCC(=O)Nc2ccccc2S(=O)(=O)NC(C)(C)C)c1. The van der Waals surface area contributed by atoms with E-state index in [0.717, 1.165) is 5.56 Å². The van der Waals surface area contributed by atoms with Crippen LogP contribution in [0.1, 0.15) is 32.8 Å². The van der Waals surface area contributed by atoms with Crippen molar-refractivity contribution in [2.75, 3.05) is 19.5 Å². The molecule has 29 heavy (non-hydrogen) atoms. The molecule has 0 aliphatic carbocycles. The number of anilines is 1. The van der Waals surface area contributed by atoms with Gasteiger partial charge in [-0.3, -0.25) is 4.79 Å². The van der Waals surface area contributed by atoms with Crippen molar-refractivity contribution < 1.29 is 22.7 Å². The summed E-state index contributed by atoms with van der Waals surface area (Å²) in [5.74, 6) is 1.04. The Bertz CT molecular complexity index is 965. The average Bonchev–Trinajstić information content (AvgIpc) is 2.64. The lowest BCUT2D eigenvalue weighted by Gasteiger charge is -2.21. The highest BCUT2D eigenvalue weighted by atomic mass is 32.2. The molecule has 158 valence electrons. The van der Waals surface area contributed by atoms with Crippen molar-refractivity contribution in [1.82, 2.24) is 4.72 Å². The van der Waals surface area contributed by atoms with Crippen molar-refractivity contribution in [3.05, 3.63) is 48.0 Å². The van der Waals surface area contributed by atoms with Crippen LogP contribution in [0.25, 0.3) is 0 Å². The first-order chi connectivity index (χ1) is 13.6. The number of hydrogen-bond donors (Lipinski definition) is 2. The highest BCUT2D eigenvalue weighted by molar-refractivity contribution is 7.89. The van der Waals surface area contributed by atoms with Gasteiger partial charge in [0.05, 0.1) is 19.9 Å². The number of para-hydroxylation sites is 1. The molecule has 0 atom stereocenters. The molecule has 0 aliphatic heterocycles. The molecular weight excluding hydrogens is 392 g/mol. The van der Waals surface area contributed by atoms with Gasteiger partial charge >= 0.3 is 0 Å². The Balaban J connectivity index is 2.15. The predicted molar refractivity (Wildman–Crippen MR) is 113 cm³/mol. The van der Waals surface area contributed by atoms with E-state index in [0.29, 0.717) is 17.9 Å². The number of benzene rings is 2. The maximum atomic E-state index is 12.7. The van der Waals surface area contributed by atoms with Crippen LogP contribution in [0.3, 0.4) is 0 Å². The van der Waals surface area contributed by atoms with E-state index in [4.69, 9.17) is 9.47 Å². The van der Waals surface area contributed by atoms with Crippen LogP contribution in [0, 0.1) is 0 Å². The summed E-state index contributed by atoms with van der Waals surface area (Å²) in [4.78, 5) is 12.5. The molecule has 0 aliphatic rings. The molecule has 1 amide bonds. The minimum atomic E-state index is -3.78. The molecular formula is C21H28N2O5S. The third-order valence-corrected chi connectivity index (χ3v) is 5.82. The minimum Gasteiger partial charge on any atom is -0.497 e. The second-order valence-electron chi connectivity index (χ2n) is 7.58. The zero-order valence-corrected chi connectivity index (χ0v) is 18.2. The summed E-state index contributed by atoms with van der Waals surface area (Å²) in [5.41, 5.74) is 0.433. The molecule has 0 fully saturated rings. The first-order valence-corrected chi connectivity index (χ1v) is 10.7. The average molecular weight is 421 g/mol. The minimum absolute atomic E-state index is 0.0298. The number of rotatable bonds is 8. The predicted octanol–water partition coefficient (Wildman–Crippen LogP) is 3.35. The van der Waals surface area contributed by atoms with Crippen LogP contribution in [-0.2, 0) is 21.2 Å². The molecule has 7 nitrogen and oxygen atoms in total. The number of hydrogen-bond acceptors (Lipinski definition) is 5. The van der Waals surface area contributed by atoms with Gasteiger partial charge in [0.1, 0.15) is 16.4 Å². The first-order valence-electron chi connectivity index (χ1n) is 9.19. The highest BCUT2D eigenvalue weighted by Crippen LogP contribution is 2.26. The highest BCUT2D eigenvalue weighted by Gasteiger charge is 2.25. The number of aryl methyl sites for hydroxylation is 1. The Kier molecular flexibility index (Phi) is 7.26. The van der Waals surface area contributed by atoms with Crippen molar-refractivity contribution in [3.8, 4) is 11.5 Å². The van der Waals surface area contributed by atoms with E-state index in [1.54, 1.807) is 65.3 Å². The largest absolute Gasteiger partial charge is 0.497 e. The number of nitrogens with one attached hydrogen (secondary N) is 2. The molecule has 0 unspecified atom stereocenters. The normalized spacial score (nSPS) is 11.8. The number of methoxy groups -OCH3 is 2. The Morgan fingerprint density at radius 1 is 1.03 bits per heavy atom. The molecule has 0 heterocycles. The van der Waals surface area contributed by atoms with Gasteiger partial charge < -0.3 is 14.8 Å². The fourth-order valence-corrected chi connectivity index (χ4v) is 4.38.